The molecule has 1 saturated heterocycles. The number of amides is 2. The summed E-state index contributed by atoms with van der Waals surface area (Å²) in [6.45, 7) is 7.17. The zero-order chi connectivity index (χ0) is 15.9. The molecule has 5 nitrogen and oxygen atoms in total. The molecule has 0 unspecified atom stereocenters. The molecule has 118 valence electrons. The van der Waals surface area contributed by atoms with Crippen LogP contribution in [-0.4, -0.2) is 36.6 Å². The number of hydrogen-bond donors (Lipinski definition) is 2. The minimum absolute atomic E-state index is 0.0846. The van der Waals surface area contributed by atoms with E-state index in [-0.39, 0.29) is 18.1 Å². The number of likely N-dealkylation sites (tertiary alicyclic amines) is 1. The van der Waals surface area contributed by atoms with Crippen molar-refractivity contribution in [2.45, 2.75) is 38.8 Å². The summed E-state index contributed by atoms with van der Waals surface area (Å²) in [6, 6.07) is 9.40. The van der Waals surface area contributed by atoms with Crippen LogP contribution in [0.15, 0.2) is 24.3 Å². The van der Waals surface area contributed by atoms with Crippen LogP contribution in [0.25, 0.3) is 0 Å². The fraction of sp³-hybridized carbons (Fsp3) is 0.529. The highest BCUT2D eigenvalue weighted by Crippen LogP contribution is 2.13. The Morgan fingerprint density at radius 1 is 1.45 bits per heavy atom. The molecule has 0 saturated carbocycles. The molecule has 2 amide bonds. The molecule has 2 rings (SSSR count). The smallest absolute Gasteiger partial charge is 0.315 e. The number of benzene rings is 1. The lowest BCUT2D eigenvalue weighted by Gasteiger charge is -2.32. The molecule has 1 aliphatic heterocycles. The highest BCUT2D eigenvalue weighted by atomic mass is 16.2. The average molecular weight is 300 g/mol. The number of hydrogen-bond acceptors (Lipinski definition) is 3. The van der Waals surface area contributed by atoms with Crippen molar-refractivity contribution in [3.8, 4) is 6.07 Å². The van der Waals surface area contributed by atoms with Gasteiger partial charge in [0, 0.05) is 12.6 Å². The van der Waals surface area contributed by atoms with Gasteiger partial charge in [-0.2, -0.15) is 5.26 Å². The molecular formula is C17H24N4O. The van der Waals surface area contributed by atoms with Gasteiger partial charge in [0.2, 0.25) is 0 Å². The van der Waals surface area contributed by atoms with E-state index in [0.717, 1.165) is 38.0 Å². The molecule has 2 N–H and O–H groups in total. The normalized spacial score (nSPS) is 20.0. The minimum Gasteiger partial charge on any atom is -0.334 e. The van der Waals surface area contributed by atoms with Gasteiger partial charge >= 0.3 is 6.03 Å². The van der Waals surface area contributed by atoms with E-state index in [1.807, 2.05) is 19.1 Å². The number of nitrogens with zero attached hydrogens (tertiary/aromatic N) is 2. The summed E-state index contributed by atoms with van der Waals surface area (Å²) >= 11 is 0. The van der Waals surface area contributed by atoms with Crippen LogP contribution in [0.1, 0.15) is 43.9 Å². The highest BCUT2D eigenvalue weighted by molar-refractivity contribution is 5.74. The van der Waals surface area contributed by atoms with Crippen LogP contribution in [0, 0.1) is 11.3 Å². The molecule has 2 atom stereocenters. The molecule has 1 heterocycles. The van der Waals surface area contributed by atoms with E-state index in [4.69, 9.17) is 5.26 Å². The summed E-state index contributed by atoms with van der Waals surface area (Å²) in [5.74, 6) is 0. The molecule has 0 aliphatic carbocycles. The van der Waals surface area contributed by atoms with E-state index in [2.05, 4.69) is 28.5 Å². The van der Waals surface area contributed by atoms with Crippen molar-refractivity contribution in [1.29, 1.82) is 5.26 Å². The van der Waals surface area contributed by atoms with Crippen LogP contribution in [0.3, 0.4) is 0 Å². The van der Waals surface area contributed by atoms with Gasteiger partial charge in [-0.25, -0.2) is 4.79 Å². The van der Waals surface area contributed by atoms with E-state index in [0.29, 0.717) is 5.56 Å². The monoisotopic (exact) mass is 300 g/mol. The van der Waals surface area contributed by atoms with Gasteiger partial charge in [0.05, 0.1) is 17.7 Å². The van der Waals surface area contributed by atoms with Gasteiger partial charge in [0.1, 0.15) is 0 Å². The number of nitrogens with one attached hydrogen (secondary N) is 2. The van der Waals surface area contributed by atoms with Crippen LogP contribution in [-0.2, 0) is 0 Å². The van der Waals surface area contributed by atoms with Gasteiger partial charge in [-0.15, -0.1) is 0 Å². The maximum atomic E-state index is 12.1. The Morgan fingerprint density at radius 2 is 2.18 bits per heavy atom. The SMILES string of the molecule is CCN1CCC[C@H](NC(=O)N[C@H](C)c2ccc(C#N)cc2)C1. The zero-order valence-electron chi connectivity index (χ0n) is 13.3. The number of piperidine rings is 1. The molecular weight excluding hydrogens is 276 g/mol. The summed E-state index contributed by atoms with van der Waals surface area (Å²) < 4.78 is 0. The highest BCUT2D eigenvalue weighted by Gasteiger charge is 2.20. The van der Waals surface area contributed by atoms with Crippen molar-refractivity contribution in [2.24, 2.45) is 0 Å². The predicted octanol–water partition coefficient (Wildman–Crippen LogP) is 2.40. The van der Waals surface area contributed by atoms with Crippen LogP contribution in [0.2, 0.25) is 0 Å². The minimum atomic E-state index is -0.125. The Morgan fingerprint density at radius 3 is 2.82 bits per heavy atom. The quantitative estimate of drug-likeness (QED) is 0.897. The number of likely N-dealkylation sites (N-methyl/N-ethyl adjacent to an activating group) is 1. The summed E-state index contributed by atoms with van der Waals surface area (Å²) in [4.78, 5) is 14.5. The lowest BCUT2D eigenvalue weighted by atomic mass is 10.1. The summed E-state index contributed by atoms with van der Waals surface area (Å²) in [7, 11) is 0. The van der Waals surface area contributed by atoms with Gasteiger partial charge in [0.25, 0.3) is 0 Å². The molecule has 1 aromatic rings. The van der Waals surface area contributed by atoms with Crippen molar-refractivity contribution in [2.75, 3.05) is 19.6 Å². The first-order chi connectivity index (χ1) is 10.6. The summed E-state index contributed by atoms with van der Waals surface area (Å²) in [6.07, 6.45) is 2.17. The molecule has 22 heavy (non-hydrogen) atoms. The molecule has 0 spiro atoms. The van der Waals surface area contributed by atoms with Crippen molar-refractivity contribution >= 4 is 6.03 Å². The Labute approximate surface area is 132 Å². The van der Waals surface area contributed by atoms with Gasteiger partial charge in [-0.1, -0.05) is 19.1 Å². The van der Waals surface area contributed by atoms with Gasteiger partial charge in [0.15, 0.2) is 0 Å². The van der Waals surface area contributed by atoms with Gasteiger partial charge in [-0.3, -0.25) is 0 Å². The Bertz CT molecular complexity index is 535. The van der Waals surface area contributed by atoms with Crippen molar-refractivity contribution in [1.82, 2.24) is 15.5 Å². The fourth-order valence-electron chi connectivity index (χ4n) is 2.81. The lowest BCUT2D eigenvalue weighted by Crippen LogP contribution is -2.50. The molecule has 5 heteroatoms. The predicted molar refractivity (Wildman–Crippen MR) is 86.4 cm³/mol. The Hall–Kier alpha value is -2.06. The van der Waals surface area contributed by atoms with E-state index >= 15 is 0 Å². The van der Waals surface area contributed by atoms with Crippen LogP contribution in [0.4, 0.5) is 4.79 Å². The Kier molecular flexibility index (Phi) is 5.79. The third-order valence-electron chi connectivity index (χ3n) is 4.18. The number of nitriles is 1. The van der Waals surface area contributed by atoms with Gasteiger partial charge in [-0.05, 0) is 50.6 Å². The van der Waals surface area contributed by atoms with E-state index in [1.165, 1.54) is 0 Å². The zero-order valence-corrected chi connectivity index (χ0v) is 13.3. The number of carbonyl (C=O) groups is 1. The first kappa shape index (κ1) is 16.3. The van der Waals surface area contributed by atoms with E-state index in [9.17, 15) is 4.79 Å². The van der Waals surface area contributed by atoms with Crippen molar-refractivity contribution in [3.63, 3.8) is 0 Å². The average Bonchev–Trinajstić information content (AvgIpc) is 2.55. The largest absolute Gasteiger partial charge is 0.334 e. The molecule has 0 radical (unpaired) electrons. The standard InChI is InChI=1S/C17H24N4O/c1-3-21-10-4-5-16(12-21)20-17(22)19-13(2)15-8-6-14(11-18)7-9-15/h6-9,13,16H,3-5,10,12H2,1-2H3,(H2,19,20,22)/t13-,16+/m1/s1. The first-order valence-electron chi connectivity index (χ1n) is 7.91. The second-order valence-electron chi connectivity index (χ2n) is 5.81. The second-order valence-corrected chi connectivity index (χ2v) is 5.81. The third kappa shape index (κ3) is 4.47. The van der Waals surface area contributed by atoms with Crippen LogP contribution in [0.5, 0.6) is 0 Å². The Balaban J connectivity index is 1.84. The fourth-order valence-corrected chi connectivity index (χ4v) is 2.81. The summed E-state index contributed by atoms with van der Waals surface area (Å²) in [5, 5.41) is 14.8. The van der Waals surface area contributed by atoms with Crippen molar-refractivity contribution in [3.05, 3.63) is 35.4 Å². The first-order valence-corrected chi connectivity index (χ1v) is 7.91. The van der Waals surface area contributed by atoms with Crippen LogP contribution >= 0.6 is 0 Å². The van der Waals surface area contributed by atoms with E-state index < -0.39 is 0 Å². The molecule has 0 bridgehead atoms. The van der Waals surface area contributed by atoms with Crippen molar-refractivity contribution < 1.29 is 4.79 Å². The molecule has 1 fully saturated rings. The topological polar surface area (TPSA) is 68.2 Å². The number of urea groups is 1. The van der Waals surface area contributed by atoms with E-state index in [1.54, 1.807) is 12.1 Å². The maximum Gasteiger partial charge on any atom is 0.315 e. The maximum absolute atomic E-state index is 12.1. The number of rotatable bonds is 4. The second kappa shape index (κ2) is 7.81. The molecule has 1 aromatic carbocycles. The lowest BCUT2D eigenvalue weighted by molar-refractivity contribution is 0.191. The van der Waals surface area contributed by atoms with Gasteiger partial charge < -0.3 is 15.5 Å². The van der Waals surface area contributed by atoms with Crippen LogP contribution < -0.4 is 10.6 Å². The molecule has 0 aromatic heterocycles. The molecule has 1 aliphatic rings. The number of carbonyl (C=O) groups excluding carboxylic acids is 1. The third-order valence-corrected chi connectivity index (χ3v) is 4.18. The summed E-state index contributed by atoms with van der Waals surface area (Å²) in [5.41, 5.74) is 1.62.